The number of phenols is 1. The molecule has 0 radical (unpaired) electrons. The third-order valence-electron chi connectivity index (χ3n) is 3.43. The molecule has 0 spiro atoms. The molecule has 0 bridgehead atoms. The minimum absolute atomic E-state index is 0.0239. The van der Waals surface area contributed by atoms with Crippen molar-refractivity contribution in [1.82, 2.24) is 0 Å². The van der Waals surface area contributed by atoms with Gasteiger partial charge in [-0.1, -0.05) is 12.5 Å². The fraction of sp³-hybridized carbons (Fsp3) is 0.417. The zero-order chi connectivity index (χ0) is 10.9. The smallest absolute Gasteiger partial charge is 0.150 e. The van der Waals surface area contributed by atoms with Crippen molar-refractivity contribution >= 4 is 6.29 Å². The zero-order valence-electron chi connectivity index (χ0n) is 8.57. The van der Waals surface area contributed by atoms with E-state index < -0.39 is 0 Å². The maximum atomic E-state index is 10.9. The Morgan fingerprint density at radius 3 is 2.67 bits per heavy atom. The van der Waals surface area contributed by atoms with Crippen molar-refractivity contribution in [3.8, 4) is 5.75 Å². The molecule has 2 rings (SSSR count). The molecule has 0 unspecified atom stereocenters. The summed E-state index contributed by atoms with van der Waals surface area (Å²) in [5, 5.41) is 9.31. The Morgan fingerprint density at radius 2 is 2.20 bits per heavy atom. The van der Waals surface area contributed by atoms with Crippen LogP contribution in [0.2, 0.25) is 0 Å². The maximum absolute atomic E-state index is 10.9. The normalized spacial score (nSPS) is 18.2. The van der Waals surface area contributed by atoms with E-state index in [-0.39, 0.29) is 11.2 Å². The molecule has 3 N–H and O–H groups in total. The summed E-state index contributed by atoms with van der Waals surface area (Å²) in [7, 11) is 0. The summed E-state index contributed by atoms with van der Waals surface area (Å²) in [6, 6.07) is 4.96. The largest absolute Gasteiger partial charge is 0.508 e. The first kappa shape index (κ1) is 10.2. The molecule has 1 aliphatic carbocycles. The van der Waals surface area contributed by atoms with Crippen LogP contribution in [0.25, 0.3) is 0 Å². The standard InChI is InChI=1S/C12H15NO2/c13-8-12(4-1-5-12)11-3-2-10(15)6-9(11)7-14/h2-3,6-7,15H,1,4-5,8,13H2. The van der Waals surface area contributed by atoms with Gasteiger partial charge in [0.1, 0.15) is 12.0 Å². The van der Waals surface area contributed by atoms with Crippen LogP contribution in [0.3, 0.4) is 0 Å². The fourth-order valence-corrected chi connectivity index (χ4v) is 2.32. The van der Waals surface area contributed by atoms with Crippen molar-refractivity contribution in [3.63, 3.8) is 0 Å². The summed E-state index contributed by atoms with van der Waals surface area (Å²) in [6.45, 7) is 0.568. The third-order valence-corrected chi connectivity index (χ3v) is 3.43. The van der Waals surface area contributed by atoms with E-state index in [0.29, 0.717) is 12.1 Å². The summed E-state index contributed by atoms with van der Waals surface area (Å²) >= 11 is 0. The van der Waals surface area contributed by atoms with Crippen molar-refractivity contribution in [2.75, 3.05) is 6.54 Å². The quantitative estimate of drug-likeness (QED) is 0.736. The highest BCUT2D eigenvalue weighted by Crippen LogP contribution is 2.44. The van der Waals surface area contributed by atoms with Gasteiger partial charge in [-0.15, -0.1) is 0 Å². The number of carbonyl (C=O) groups is 1. The molecule has 80 valence electrons. The van der Waals surface area contributed by atoms with Crippen molar-refractivity contribution in [3.05, 3.63) is 29.3 Å². The molecule has 3 nitrogen and oxygen atoms in total. The van der Waals surface area contributed by atoms with Crippen LogP contribution in [0, 0.1) is 0 Å². The molecule has 0 atom stereocenters. The number of nitrogens with two attached hydrogens (primary N) is 1. The summed E-state index contributed by atoms with van der Waals surface area (Å²) in [5.74, 6) is 0.132. The first-order valence-electron chi connectivity index (χ1n) is 5.20. The number of phenolic OH excluding ortho intramolecular Hbond substituents is 1. The van der Waals surface area contributed by atoms with E-state index in [1.54, 1.807) is 6.07 Å². The summed E-state index contributed by atoms with van der Waals surface area (Å²) < 4.78 is 0. The van der Waals surface area contributed by atoms with Gasteiger partial charge in [0.25, 0.3) is 0 Å². The van der Waals surface area contributed by atoms with Gasteiger partial charge in [-0.3, -0.25) is 4.79 Å². The molecule has 0 aromatic heterocycles. The highest BCUT2D eigenvalue weighted by Gasteiger charge is 2.38. The van der Waals surface area contributed by atoms with Crippen LogP contribution in [0.4, 0.5) is 0 Å². The number of benzene rings is 1. The molecule has 1 aromatic rings. The monoisotopic (exact) mass is 205 g/mol. The van der Waals surface area contributed by atoms with Crippen LogP contribution >= 0.6 is 0 Å². The Balaban J connectivity index is 2.46. The minimum atomic E-state index is -0.0239. The highest BCUT2D eigenvalue weighted by atomic mass is 16.3. The predicted molar refractivity (Wildman–Crippen MR) is 58.1 cm³/mol. The first-order valence-corrected chi connectivity index (χ1v) is 5.20. The highest BCUT2D eigenvalue weighted by molar-refractivity contribution is 5.79. The molecule has 1 aromatic carbocycles. The molecule has 0 saturated heterocycles. The second-order valence-corrected chi connectivity index (χ2v) is 4.23. The fourth-order valence-electron chi connectivity index (χ4n) is 2.32. The molecular formula is C12H15NO2. The van der Waals surface area contributed by atoms with E-state index in [1.807, 2.05) is 6.07 Å². The van der Waals surface area contributed by atoms with E-state index in [2.05, 4.69) is 0 Å². The average Bonchev–Trinajstić information content (AvgIpc) is 2.19. The topological polar surface area (TPSA) is 63.3 Å². The molecule has 0 amide bonds. The Kier molecular flexibility index (Phi) is 2.49. The SMILES string of the molecule is NCC1(c2ccc(O)cc2C=O)CCC1. The lowest BCUT2D eigenvalue weighted by Gasteiger charge is -2.42. The van der Waals surface area contributed by atoms with Crippen LogP contribution in [-0.2, 0) is 5.41 Å². The molecule has 15 heavy (non-hydrogen) atoms. The second kappa shape index (κ2) is 3.66. The number of aldehydes is 1. The first-order chi connectivity index (χ1) is 7.22. The Hall–Kier alpha value is -1.35. The Bertz CT molecular complexity index is 378. The third kappa shape index (κ3) is 1.53. The van der Waals surface area contributed by atoms with Gasteiger partial charge in [0, 0.05) is 17.5 Å². The molecule has 0 aliphatic heterocycles. The van der Waals surface area contributed by atoms with Gasteiger partial charge in [-0.2, -0.15) is 0 Å². The summed E-state index contributed by atoms with van der Waals surface area (Å²) in [5.41, 5.74) is 7.32. The van der Waals surface area contributed by atoms with E-state index in [1.165, 1.54) is 6.07 Å². The van der Waals surface area contributed by atoms with Gasteiger partial charge >= 0.3 is 0 Å². The predicted octanol–water partition coefficient (Wildman–Crippen LogP) is 1.59. The second-order valence-electron chi connectivity index (χ2n) is 4.23. The van der Waals surface area contributed by atoms with Gasteiger partial charge in [-0.05, 0) is 30.5 Å². The van der Waals surface area contributed by atoms with Crippen LogP contribution in [0.5, 0.6) is 5.75 Å². The van der Waals surface area contributed by atoms with Gasteiger partial charge in [-0.25, -0.2) is 0 Å². The number of rotatable bonds is 3. The summed E-state index contributed by atoms with van der Waals surface area (Å²) in [4.78, 5) is 10.9. The van der Waals surface area contributed by atoms with E-state index >= 15 is 0 Å². The molecular weight excluding hydrogens is 190 g/mol. The van der Waals surface area contributed by atoms with Crippen molar-refractivity contribution in [2.24, 2.45) is 5.73 Å². The Labute approximate surface area is 88.9 Å². The number of carbonyl (C=O) groups excluding carboxylic acids is 1. The maximum Gasteiger partial charge on any atom is 0.150 e. The molecule has 1 aliphatic rings. The van der Waals surface area contributed by atoms with Gasteiger partial charge in [0.15, 0.2) is 0 Å². The van der Waals surface area contributed by atoms with Crippen LogP contribution in [0.1, 0.15) is 35.2 Å². The van der Waals surface area contributed by atoms with Gasteiger partial charge in [0.2, 0.25) is 0 Å². The molecule has 1 saturated carbocycles. The number of hydrogen-bond acceptors (Lipinski definition) is 3. The van der Waals surface area contributed by atoms with Crippen molar-refractivity contribution in [1.29, 1.82) is 0 Å². The molecule has 0 heterocycles. The zero-order valence-corrected chi connectivity index (χ0v) is 8.57. The van der Waals surface area contributed by atoms with Crippen LogP contribution in [0.15, 0.2) is 18.2 Å². The van der Waals surface area contributed by atoms with Crippen molar-refractivity contribution in [2.45, 2.75) is 24.7 Å². The lowest BCUT2D eigenvalue weighted by atomic mass is 9.63. The molecule has 1 fully saturated rings. The lowest BCUT2D eigenvalue weighted by molar-refractivity contribution is 0.111. The minimum Gasteiger partial charge on any atom is -0.508 e. The van der Waals surface area contributed by atoms with Crippen LogP contribution in [-0.4, -0.2) is 17.9 Å². The van der Waals surface area contributed by atoms with Crippen LogP contribution < -0.4 is 5.73 Å². The number of hydrogen-bond donors (Lipinski definition) is 2. The average molecular weight is 205 g/mol. The van der Waals surface area contributed by atoms with E-state index in [9.17, 15) is 9.90 Å². The van der Waals surface area contributed by atoms with Gasteiger partial charge in [0.05, 0.1) is 0 Å². The summed E-state index contributed by atoms with van der Waals surface area (Å²) in [6.07, 6.45) is 4.03. The van der Waals surface area contributed by atoms with E-state index in [4.69, 9.17) is 5.73 Å². The van der Waals surface area contributed by atoms with E-state index in [0.717, 1.165) is 31.1 Å². The number of aromatic hydroxyl groups is 1. The molecule has 3 heteroatoms. The van der Waals surface area contributed by atoms with Gasteiger partial charge < -0.3 is 10.8 Å². The lowest BCUT2D eigenvalue weighted by Crippen LogP contribution is -2.42. The van der Waals surface area contributed by atoms with Crippen molar-refractivity contribution < 1.29 is 9.90 Å². The Morgan fingerprint density at radius 1 is 1.47 bits per heavy atom.